The molecule has 7 heteroatoms. The van der Waals surface area contributed by atoms with Crippen LogP contribution in [0.2, 0.25) is 0 Å². The molecule has 0 bridgehead atoms. The second-order valence-corrected chi connectivity index (χ2v) is 7.35. The predicted octanol–water partition coefficient (Wildman–Crippen LogP) is 2.55. The van der Waals surface area contributed by atoms with Crippen molar-refractivity contribution in [2.45, 2.75) is 31.7 Å². The van der Waals surface area contributed by atoms with E-state index in [4.69, 9.17) is 12.2 Å². The molecule has 5 nitrogen and oxygen atoms in total. The first kappa shape index (κ1) is 17.2. The number of thioether (sulfide) groups is 1. The third kappa shape index (κ3) is 3.42. The van der Waals surface area contributed by atoms with Crippen LogP contribution in [0.25, 0.3) is 0 Å². The highest BCUT2D eigenvalue weighted by Crippen LogP contribution is 2.28. The van der Waals surface area contributed by atoms with Gasteiger partial charge in [-0.05, 0) is 61.7 Å². The molecule has 2 aliphatic rings. The summed E-state index contributed by atoms with van der Waals surface area (Å²) in [4.78, 5) is 28.1. The van der Waals surface area contributed by atoms with Gasteiger partial charge in [0.05, 0.1) is 5.69 Å². The van der Waals surface area contributed by atoms with Crippen molar-refractivity contribution >= 4 is 52.3 Å². The van der Waals surface area contributed by atoms with Crippen molar-refractivity contribution in [2.24, 2.45) is 0 Å². The van der Waals surface area contributed by atoms with Crippen LogP contribution in [0.15, 0.2) is 24.3 Å². The van der Waals surface area contributed by atoms with Crippen molar-refractivity contribution in [3.05, 3.63) is 24.3 Å². The minimum Gasteiger partial charge on any atom is -0.350 e. The average Bonchev–Trinajstić information content (AvgIpc) is 2.87. The summed E-state index contributed by atoms with van der Waals surface area (Å²) in [5.41, 5.74) is 1.56. The Balaban J connectivity index is 1.82. The molecular formula is C17H21N3O2S2. The molecule has 1 unspecified atom stereocenters. The van der Waals surface area contributed by atoms with Gasteiger partial charge in [0.15, 0.2) is 5.11 Å². The van der Waals surface area contributed by atoms with Crippen LogP contribution in [-0.2, 0) is 9.59 Å². The van der Waals surface area contributed by atoms with Gasteiger partial charge >= 0.3 is 0 Å². The van der Waals surface area contributed by atoms with E-state index in [1.54, 1.807) is 21.6 Å². The number of hydrogen-bond acceptors (Lipinski definition) is 4. The molecule has 2 heterocycles. The summed E-state index contributed by atoms with van der Waals surface area (Å²) in [6, 6.07) is 7.27. The van der Waals surface area contributed by atoms with Gasteiger partial charge in [0.25, 0.3) is 5.91 Å². The first-order valence-electron chi connectivity index (χ1n) is 8.15. The maximum absolute atomic E-state index is 12.7. The van der Waals surface area contributed by atoms with Gasteiger partial charge in [-0.1, -0.05) is 6.07 Å². The Kier molecular flexibility index (Phi) is 5.40. The normalized spacial score (nSPS) is 21.4. The molecule has 1 aromatic carbocycles. The molecule has 3 rings (SSSR count). The lowest BCUT2D eigenvalue weighted by molar-refractivity contribution is -0.119. The number of piperidine rings is 1. The number of thiocarbonyl (C=S) groups is 1. The highest BCUT2D eigenvalue weighted by Gasteiger charge is 2.36. The van der Waals surface area contributed by atoms with Crippen LogP contribution in [-0.4, -0.2) is 41.5 Å². The molecule has 1 N–H and O–H groups in total. The minimum atomic E-state index is -0.259. The third-order valence-electron chi connectivity index (χ3n) is 4.35. The maximum atomic E-state index is 12.7. The van der Waals surface area contributed by atoms with Crippen LogP contribution in [0.3, 0.4) is 0 Å². The van der Waals surface area contributed by atoms with Gasteiger partial charge in [-0.3, -0.25) is 14.5 Å². The van der Waals surface area contributed by atoms with E-state index in [2.05, 4.69) is 5.32 Å². The number of hydrogen-bond donors (Lipinski definition) is 1. The van der Waals surface area contributed by atoms with Gasteiger partial charge in [0.1, 0.15) is 6.04 Å². The summed E-state index contributed by atoms with van der Waals surface area (Å²) < 4.78 is 0. The zero-order valence-corrected chi connectivity index (χ0v) is 15.3. The summed E-state index contributed by atoms with van der Waals surface area (Å²) in [5.74, 6) is 1.03. The molecule has 1 atom stereocenters. The van der Waals surface area contributed by atoms with Crippen LogP contribution >= 0.6 is 24.0 Å². The SMILES string of the molecule is CSCCC1NC(=S)N(c2cccc(N3CCCCC3=O)c2)C1=O. The van der Waals surface area contributed by atoms with E-state index < -0.39 is 0 Å². The highest BCUT2D eigenvalue weighted by atomic mass is 32.2. The molecule has 0 saturated carbocycles. The summed E-state index contributed by atoms with van der Waals surface area (Å²) in [6.45, 7) is 0.731. The van der Waals surface area contributed by atoms with Crippen molar-refractivity contribution in [1.29, 1.82) is 0 Å². The van der Waals surface area contributed by atoms with E-state index in [-0.39, 0.29) is 17.9 Å². The van der Waals surface area contributed by atoms with Gasteiger partial charge in [-0.25, -0.2) is 0 Å². The number of benzene rings is 1. The van der Waals surface area contributed by atoms with Crippen LogP contribution < -0.4 is 15.1 Å². The van der Waals surface area contributed by atoms with E-state index in [1.807, 2.05) is 30.5 Å². The fourth-order valence-corrected chi connectivity index (χ4v) is 3.90. The van der Waals surface area contributed by atoms with Crippen molar-refractivity contribution in [3.63, 3.8) is 0 Å². The number of anilines is 2. The fourth-order valence-electron chi connectivity index (χ4n) is 3.09. The summed E-state index contributed by atoms with van der Waals surface area (Å²) in [5, 5.41) is 3.55. The lowest BCUT2D eigenvalue weighted by Crippen LogP contribution is -2.35. The molecule has 2 amide bonds. The van der Waals surface area contributed by atoms with Gasteiger partial charge < -0.3 is 10.2 Å². The topological polar surface area (TPSA) is 52.6 Å². The Morgan fingerprint density at radius 3 is 2.83 bits per heavy atom. The Hall–Kier alpha value is -1.60. The van der Waals surface area contributed by atoms with Gasteiger partial charge in [0, 0.05) is 18.7 Å². The first-order chi connectivity index (χ1) is 11.6. The Morgan fingerprint density at radius 1 is 1.29 bits per heavy atom. The molecular weight excluding hydrogens is 342 g/mol. The van der Waals surface area contributed by atoms with Gasteiger partial charge in [-0.15, -0.1) is 0 Å². The largest absolute Gasteiger partial charge is 0.350 e. The van der Waals surface area contributed by atoms with Crippen LogP contribution in [0.4, 0.5) is 11.4 Å². The molecule has 24 heavy (non-hydrogen) atoms. The molecule has 0 spiro atoms. The standard InChI is InChI=1S/C17H21N3O2S2/c1-24-10-8-14-16(22)20(17(23)18-14)13-6-4-5-12(11-13)19-9-3-2-7-15(19)21/h4-6,11,14H,2-3,7-10H2,1H3,(H,18,23). The van der Waals surface area contributed by atoms with Crippen molar-refractivity contribution in [2.75, 3.05) is 28.4 Å². The molecule has 2 fully saturated rings. The molecule has 1 aromatic rings. The number of nitrogens with zero attached hydrogens (tertiary/aromatic N) is 2. The lowest BCUT2D eigenvalue weighted by Gasteiger charge is -2.27. The van der Waals surface area contributed by atoms with E-state index in [9.17, 15) is 9.59 Å². The lowest BCUT2D eigenvalue weighted by atomic mass is 10.1. The molecule has 0 radical (unpaired) electrons. The predicted molar refractivity (Wildman–Crippen MR) is 103 cm³/mol. The molecule has 0 aromatic heterocycles. The average molecular weight is 364 g/mol. The van der Waals surface area contributed by atoms with Crippen LogP contribution in [0, 0.1) is 0 Å². The zero-order chi connectivity index (χ0) is 17.1. The van der Waals surface area contributed by atoms with Crippen LogP contribution in [0.1, 0.15) is 25.7 Å². The van der Waals surface area contributed by atoms with Crippen LogP contribution in [0.5, 0.6) is 0 Å². The molecule has 2 aliphatic heterocycles. The quantitative estimate of drug-likeness (QED) is 0.815. The van der Waals surface area contributed by atoms with Crippen molar-refractivity contribution < 1.29 is 9.59 Å². The Bertz CT molecular complexity index is 665. The second kappa shape index (κ2) is 7.53. The smallest absolute Gasteiger partial charge is 0.255 e. The van der Waals surface area contributed by atoms with E-state index in [1.165, 1.54) is 0 Å². The fraction of sp³-hybridized carbons (Fsp3) is 0.471. The molecule has 0 aliphatic carbocycles. The third-order valence-corrected chi connectivity index (χ3v) is 5.30. The second-order valence-electron chi connectivity index (χ2n) is 5.98. The van der Waals surface area contributed by atoms with Crippen molar-refractivity contribution in [3.8, 4) is 0 Å². The zero-order valence-electron chi connectivity index (χ0n) is 13.7. The summed E-state index contributed by atoms with van der Waals surface area (Å²) in [7, 11) is 0. The Labute approximate surface area is 151 Å². The van der Waals surface area contributed by atoms with Crippen molar-refractivity contribution in [1.82, 2.24) is 5.32 Å². The van der Waals surface area contributed by atoms with E-state index in [0.29, 0.717) is 11.5 Å². The molecule has 2 saturated heterocycles. The highest BCUT2D eigenvalue weighted by molar-refractivity contribution is 7.98. The van der Waals surface area contributed by atoms with Gasteiger partial charge in [-0.2, -0.15) is 11.8 Å². The number of carbonyl (C=O) groups is 2. The maximum Gasteiger partial charge on any atom is 0.255 e. The number of amides is 2. The Morgan fingerprint density at radius 2 is 2.08 bits per heavy atom. The van der Waals surface area contributed by atoms with E-state index >= 15 is 0 Å². The number of carbonyl (C=O) groups excluding carboxylic acids is 2. The number of rotatable bonds is 5. The van der Waals surface area contributed by atoms with Gasteiger partial charge in [0.2, 0.25) is 5.91 Å². The monoisotopic (exact) mass is 363 g/mol. The van der Waals surface area contributed by atoms with E-state index in [0.717, 1.165) is 42.9 Å². The summed E-state index contributed by atoms with van der Waals surface area (Å²) in [6.07, 6.45) is 5.32. The number of nitrogens with one attached hydrogen (secondary N) is 1. The first-order valence-corrected chi connectivity index (χ1v) is 9.96. The minimum absolute atomic E-state index is 0.0174. The summed E-state index contributed by atoms with van der Waals surface area (Å²) >= 11 is 7.07. The molecule has 128 valence electrons.